The average Bonchev–Trinajstić information content (AvgIpc) is 2.56. The van der Waals surface area contributed by atoms with Crippen LogP contribution in [-0.4, -0.2) is 15.6 Å². The fourth-order valence-electron chi connectivity index (χ4n) is 2.14. The summed E-state index contributed by atoms with van der Waals surface area (Å²) in [6, 6.07) is 5.32. The number of fused-ring (bicyclic) bond motifs is 1. The Morgan fingerprint density at radius 3 is 2.65 bits per heavy atom. The minimum absolute atomic E-state index is 0.0207. The summed E-state index contributed by atoms with van der Waals surface area (Å²) in [5.41, 5.74) is 7.09. The van der Waals surface area contributed by atoms with Gasteiger partial charge in [0.2, 0.25) is 0 Å². The molecule has 92 valence electrons. The maximum absolute atomic E-state index is 13.7. The van der Waals surface area contributed by atoms with Crippen molar-refractivity contribution in [1.82, 2.24) is 9.55 Å². The summed E-state index contributed by atoms with van der Waals surface area (Å²) in [6.07, 6.45) is 0.659. The molecule has 0 radical (unpaired) electrons. The van der Waals surface area contributed by atoms with Crippen LogP contribution in [0.5, 0.6) is 0 Å². The summed E-state index contributed by atoms with van der Waals surface area (Å²) in [5, 5.41) is 0. The molecule has 0 fully saturated rings. The van der Waals surface area contributed by atoms with Crippen LogP contribution in [0.15, 0.2) is 18.2 Å². The summed E-state index contributed by atoms with van der Waals surface area (Å²) in [4.78, 5) is 4.38. The third kappa shape index (κ3) is 2.17. The molecule has 1 heterocycles. The highest BCUT2D eigenvalue weighted by atomic mass is 19.1. The topological polar surface area (TPSA) is 43.8 Å². The zero-order valence-electron chi connectivity index (χ0n) is 10.4. The highest BCUT2D eigenvalue weighted by Crippen LogP contribution is 2.23. The third-order valence-corrected chi connectivity index (χ3v) is 2.76. The van der Waals surface area contributed by atoms with E-state index in [-0.39, 0.29) is 17.9 Å². The Labute approximate surface area is 100 Å². The van der Waals surface area contributed by atoms with Crippen LogP contribution < -0.4 is 5.73 Å². The molecule has 1 unspecified atom stereocenters. The third-order valence-electron chi connectivity index (χ3n) is 2.76. The Morgan fingerprint density at radius 2 is 2.06 bits per heavy atom. The Bertz CT molecular complexity index is 529. The van der Waals surface area contributed by atoms with Gasteiger partial charge in [-0.05, 0) is 32.9 Å². The molecule has 0 aliphatic heterocycles. The summed E-state index contributed by atoms with van der Waals surface area (Å²) >= 11 is 0. The SMILES string of the molecule is CC(N)Cc1nc2c(F)cccc2n1C(C)C. The standard InChI is InChI=1S/C13H18FN3/c1-8(2)17-11-6-4-5-10(14)13(11)16-12(17)7-9(3)15/h4-6,8-9H,7,15H2,1-3H3. The minimum atomic E-state index is -0.271. The maximum atomic E-state index is 13.7. The van der Waals surface area contributed by atoms with Crippen LogP contribution in [0, 0.1) is 5.82 Å². The van der Waals surface area contributed by atoms with E-state index in [1.807, 2.05) is 13.0 Å². The molecular weight excluding hydrogens is 217 g/mol. The molecule has 1 aromatic carbocycles. The summed E-state index contributed by atoms with van der Waals surface area (Å²) in [7, 11) is 0. The number of rotatable bonds is 3. The fourth-order valence-corrected chi connectivity index (χ4v) is 2.14. The number of benzene rings is 1. The van der Waals surface area contributed by atoms with Crippen LogP contribution in [0.25, 0.3) is 11.0 Å². The van der Waals surface area contributed by atoms with Crippen molar-refractivity contribution in [1.29, 1.82) is 0 Å². The Balaban J connectivity index is 2.66. The quantitative estimate of drug-likeness (QED) is 0.888. The molecule has 17 heavy (non-hydrogen) atoms. The van der Waals surface area contributed by atoms with E-state index in [1.54, 1.807) is 6.07 Å². The van der Waals surface area contributed by atoms with Crippen LogP contribution in [0.4, 0.5) is 4.39 Å². The van der Waals surface area contributed by atoms with Crippen molar-refractivity contribution >= 4 is 11.0 Å². The van der Waals surface area contributed by atoms with Crippen molar-refractivity contribution in [3.63, 3.8) is 0 Å². The molecule has 2 N–H and O–H groups in total. The van der Waals surface area contributed by atoms with Gasteiger partial charge in [-0.1, -0.05) is 6.07 Å². The number of nitrogens with zero attached hydrogens (tertiary/aromatic N) is 2. The van der Waals surface area contributed by atoms with Crippen molar-refractivity contribution in [2.45, 2.75) is 39.3 Å². The fraction of sp³-hybridized carbons (Fsp3) is 0.462. The second kappa shape index (κ2) is 4.45. The number of imidazole rings is 1. The molecule has 3 nitrogen and oxygen atoms in total. The van der Waals surface area contributed by atoms with E-state index < -0.39 is 0 Å². The molecule has 2 rings (SSSR count). The molecule has 1 aromatic heterocycles. The first-order valence-electron chi connectivity index (χ1n) is 5.91. The Kier molecular flexibility index (Phi) is 3.15. The van der Waals surface area contributed by atoms with E-state index in [2.05, 4.69) is 23.4 Å². The predicted molar refractivity (Wildman–Crippen MR) is 67.4 cm³/mol. The molecule has 0 bridgehead atoms. The number of nitrogens with two attached hydrogens (primary N) is 1. The van der Waals surface area contributed by atoms with Gasteiger partial charge in [0, 0.05) is 18.5 Å². The number of para-hydroxylation sites is 1. The van der Waals surface area contributed by atoms with Crippen LogP contribution in [0.3, 0.4) is 0 Å². The Morgan fingerprint density at radius 1 is 1.35 bits per heavy atom. The number of aromatic nitrogens is 2. The molecule has 2 aromatic rings. The predicted octanol–water partition coefficient (Wildman–Crippen LogP) is 2.65. The molecule has 0 spiro atoms. The van der Waals surface area contributed by atoms with Gasteiger partial charge < -0.3 is 10.3 Å². The average molecular weight is 235 g/mol. The minimum Gasteiger partial charge on any atom is -0.328 e. The van der Waals surface area contributed by atoms with Crippen LogP contribution in [-0.2, 0) is 6.42 Å². The second-order valence-electron chi connectivity index (χ2n) is 4.78. The summed E-state index contributed by atoms with van der Waals surface area (Å²) in [5.74, 6) is 0.586. The number of hydrogen-bond acceptors (Lipinski definition) is 2. The van der Waals surface area contributed by atoms with Crippen molar-refractivity contribution < 1.29 is 4.39 Å². The summed E-state index contributed by atoms with van der Waals surface area (Å²) in [6.45, 7) is 6.06. The van der Waals surface area contributed by atoms with Gasteiger partial charge in [-0.25, -0.2) is 9.37 Å². The highest BCUT2D eigenvalue weighted by Gasteiger charge is 2.16. The molecule has 0 saturated carbocycles. The van der Waals surface area contributed by atoms with Crippen molar-refractivity contribution in [3.8, 4) is 0 Å². The molecule has 0 aliphatic carbocycles. The zero-order valence-corrected chi connectivity index (χ0v) is 10.4. The van der Waals surface area contributed by atoms with Crippen molar-refractivity contribution in [3.05, 3.63) is 29.8 Å². The smallest absolute Gasteiger partial charge is 0.151 e. The zero-order chi connectivity index (χ0) is 12.6. The number of halogens is 1. The van der Waals surface area contributed by atoms with E-state index in [1.165, 1.54) is 6.07 Å². The van der Waals surface area contributed by atoms with Crippen LogP contribution >= 0.6 is 0 Å². The molecule has 1 atom stereocenters. The van der Waals surface area contributed by atoms with Crippen molar-refractivity contribution in [2.24, 2.45) is 5.73 Å². The van der Waals surface area contributed by atoms with Crippen molar-refractivity contribution in [2.75, 3.05) is 0 Å². The van der Waals surface area contributed by atoms with Gasteiger partial charge in [-0.2, -0.15) is 0 Å². The molecule has 0 saturated heterocycles. The second-order valence-corrected chi connectivity index (χ2v) is 4.78. The first-order valence-corrected chi connectivity index (χ1v) is 5.91. The number of hydrogen-bond donors (Lipinski definition) is 1. The van der Waals surface area contributed by atoms with E-state index in [0.717, 1.165) is 11.3 Å². The first-order chi connectivity index (χ1) is 8.00. The van der Waals surface area contributed by atoms with Gasteiger partial charge in [-0.15, -0.1) is 0 Å². The largest absolute Gasteiger partial charge is 0.328 e. The molecule has 0 aliphatic rings. The lowest BCUT2D eigenvalue weighted by Crippen LogP contribution is -2.21. The van der Waals surface area contributed by atoms with E-state index in [9.17, 15) is 4.39 Å². The monoisotopic (exact) mass is 235 g/mol. The first kappa shape index (κ1) is 12.0. The van der Waals surface area contributed by atoms with Gasteiger partial charge >= 0.3 is 0 Å². The van der Waals surface area contributed by atoms with E-state index in [4.69, 9.17) is 5.73 Å². The van der Waals surface area contributed by atoms with Gasteiger partial charge in [-0.3, -0.25) is 0 Å². The summed E-state index contributed by atoms with van der Waals surface area (Å²) < 4.78 is 15.7. The van der Waals surface area contributed by atoms with Crippen LogP contribution in [0.2, 0.25) is 0 Å². The van der Waals surface area contributed by atoms with Gasteiger partial charge in [0.15, 0.2) is 5.82 Å². The molecule has 4 heteroatoms. The normalized spacial score (nSPS) is 13.5. The molecule has 0 amide bonds. The highest BCUT2D eigenvalue weighted by molar-refractivity contribution is 5.76. The van der Waals surface area contributed by atoms with E-state index >= 15 is 0 Å². The van der Waals surface area contributed by atoms with Gasteiger partial charge in [0.05, 0.1) is 5.52 Å². The lowest BCUT2D eigenvalue weighted by molar-refractivity contribution is 0.564. The van der Waals surface area contributed by atoms with Crippen LogP contribution in [0.1, 0.15) is 32.6 Å². The van der Waals surface area contributed by atoms with E-state index in [0.29, 0.717) is 11.9 Å². The maximum Gasteiger partial charge on any atom is 0.151 e. The lowest BCUT2D eigenvalue weighted by Gasteiger charge is -2.14. The lowest BCUT2D eigenvalue weighted by atomic mass is 10.2. The Hall–Kier alpha value is -1.42. The van der Waals surface area contributed by atoms with Gasteiger partial charge in [0.1, 0.15) is 11.3 Å². The molecular formula is C13H18FN3. The van der Waals surface area contributed by atoms with Gasteiger partial charge in [0.25, 0.3) is 0 Å².